The van der Waals surface area contributed by atoms with E-state index in [-0.39, 0.29) is 24.5 Å². The molecule has 0 saturated heterocycles. The second-order valence-corrected chi connectivity index (χ2v) is 15.3. The van der Waals surface area contributed by atoms with Crippen molar-refractivity contribution >= 4 is 51.5 Å². The molecule has 11 nitrogen and oxygen atoms in total. The maximum Gasteiger partial charge on any atom is 0.419 e. The summed E-state index contributed by atoms with van der Waals surface area (Å²) in [7, 11) is 0. The average molecular weight is 869 g/mol. The third-order valence-electron chi connectivity index (χ3n) is 11.2. The predicted molar refractivity (Wildman–Crippen MR) is 230 cm³/mol. The average Bonchev–Trinajstić information content (AvgIpc) is 3.82. The van der Waals surface area contributed by atoms with Gasteiger partial charge in [-0.1, -0.05) is 36.4 Å². The normalized spacial score (nSPS) is 13.4. The minimum absolute atomic E-state index is 0.0683. The third kappa shape index (κ3) is 6.94. The van der Waals surface area contributed by atoms with E-state index in [1.54, 1.807) is 111 Å². The third-order valence-corrected chi connectivity index (χ3v) is 11.2. The Bertz CT molecular complexity index is 2930. The number of carbonyl (C=O) groups excluding carboxylic acids is 1. The Morgan fingerprint density at radius 3 is 1.34 bits per heavy atom. The summed E-state index contributed by atoms with van der Waals surface area (Å²) in [5.74, 6) is -0.707. The number of aryl methyl sites for hydroxylation is 2. The van der Waals surface area contributed by atoms with Gasteiger partial charge in [-0.25, -0.2) is 19.3 Å². The maximum atomic E-state index is 16.3. The van der Waals surface area contributed by atoms with Gasteiger partial charge in [0.1, 0.15) is 11.6 Å². The first kappa shape index (κ1) is 40.1. The van der Waals surface area contributed by atoms with E-state index in [0.29, 0.717) is 56.9 Å². The van der Waals surface area contributed by atoms with Gasteiger partial charge in [-0.05, 0) is 86.6 Å². The molecule has 0 aliphatic carbocycles. The number of aromatic nitrogens is 6. The summed E-state index contributed by atoms with van der Waals surface area (Å²) >= 11 is 0. The first-order chi connectivity index (χ1) is 30.7. The molecule has 0 fully saturated rings. The Morgan fingerprint density at radius 1 is 0.531 bits per heavy atom. The van der Waals surface area contributed by atoms with Crippen molar-refractivity contribution in [3.8, 4) is 11.4 Å². The molecule has 8 aromatic rings. The smallest absolute Gasteiger partial charge is 0.338 e. The molecule has 2 aliphatic heterocycles. The van der Waals surface area contributed by atoms with E-state index in [9.17, 15) is 0 Å². The number of carbonyl (C=O) groups is 1. The first-order valence-corrected chi connectivity index (χ1v) is 20.0. The number of nitrogens with one attached hydrogen (secondary N) is 2. The highest BCUT2D eigenvalue weighted by atomic mass is 19.4. The van der Waals surface area contributed by atoms with Crippen molar-refractivity contribution in [2.24, 2.45) is 0 Å². The van der Waals surface area contributed by atoms with E-state index in [2.05, 4.69) is 30.8 Å². The molecule has 0 spiro atoms. The van der Waals surface area contributed by atoms with Crippen LogP contribution in [0.25, 0.3) is 11.4 Å². The van der Waals surface area contributed by atoms with Gasteiger partial charge in [0.2, 0.25) is 0 Å². The molecule has 10 rings (SSSR count). The molecular weight excluding hydrogens is 835 g/mol. The molecule has 64 heavy (non-hydrogen) atoms. The summed E-state index contributed by atoms with van der Waals surface area (Å²) in [6.07, 6.45) is -4.54. The van der Waals surface area contributed by atoms with Crippen molar-refractivity contribution < 1.29 is 31.1 Å². The number of nitrogens with zero attached hydrogens (tertiary/aromatic N) is 8. The number of halogens is 6. The Kier molecular flexibility index (Phi) is 9.50. The standard InChI is InChI=1S/C47H34F6N10O/c1-27-19-23-62(58-27)37-17-15-31(39(46(48,49)50)41(37)60-25-29-9-7-21-54-44(29)56-33-11-3-5-13-35(33)60)43(64)32-16-18-38(63-24-20-28(2)59-63)42(40(32)47(51,52)53)61-26-30-10-8-22-55-45(30)57-34-12-4-6-14-36(34)61/h3-24H,25-26H2,1-2H3,(H,54,56)(H,55,57). The van der Waals surface area contributed by atoms with E-state index in [1.807, 2.05) is 0 Å². The van der Waals surface area contributed by atoms with E-state index in [4.69, 9.17) is 0 Å². The molecule has 2 aliphatic rings. The van der Waals surface area contributed by atoms with E-state index >= 15 is 31.1 Å². The SMILES string of the molecule is Cc1ccn(-c2ccc(C(=O)c3ccc(-n4ccc(C)n4)c(N4Cc5cccnc5Nc5ccccc54)c3C(F)(F)F)c(C(F)(F)F)c2N2Cc3cccnc3Nc3ccccc32)n1. The van der Waals surface area contributed by atoms with Gasteiger partial charge in [0.15, 0.2) is 5.78 Å². The summed E-state index contributed by atoms with van der Waals surface area (Å²) < 4.78 is 100. The molecule has 0 unspecified atom stereocenters. The number of rotatable bonds is 6. The van der Waals surface area contributed by atoms with Gasteiger partial charge in [0.25, 0.3) is 0 Å². The summed E-state index contributed by atoms with van der Waals surface area (Å²) in [4.78, 5) is 26.9. The molecule has 0 amide bonds. The van der Waals surface area contributed by atoms with Gasteiger partial charge >= 0.3 is 12.4 Å². The molecular formula is C47H34F6N10O. The number of hydrogen-bond acceptors (Lipinski definition) is 9. The van der Waals surface area contributed by atoms with Crippen molar-refractivity contribution in [2.45, 2.75) is 39.3 Å². The van der Waals surface area contributed by atoms with Gasteiger partial charge in [0, 0.05) is 47.0 Å². The van der Waals surface area contributed by atoms with Gasteiger partial charge in [-0.15, -0.1) is 0 Å². The number of benzene rings is 4. The van der Waals surface area contributed by atoms with Crippen molar-refractivity contribution in [2.75, 3.05) is 20.4 Å². The highest BCUT2D eigenvalue weighted by molar-refractivity contribution is 6.14. The first-order valence-electron chi connectivity index (χ1n) is 20.0. The second kappa shape index (κ2) is 15.1. The van der Waals surface area contributed by atoms with Crippen LogP contribution in [0.3, 0.4) is 0 Å². The fourth-order valence-electron chi connectivity index (χ4n) is 8.42. The summed E-state index contributed by atoms with van der Waals surface area (Å²) in [6, 6.07) is 27.7. The number of hydrogen-bond donors (Lipinski definition) is 2. The van der Waals surface area contributed by atoms with Crippen LogP contribution in [0.5, 0.6) is 0 Å². The van der Waals surface area contributed by atoms with Crippen LogP contribution in [0, 0.1) is 13.8 Å². The molecule has 17 heteroatoms. The predicted octanol–water partition coefficient (Wildman–Crippen LogP) is 11.5. The Hall–Kier alpha value is -7.95. The quantitative estimate of drug-likeness (QED) is 0.125. The van der Waals surface area contributed by atoms with Crippen molar-refractivity contribution in [1.29, 1.82) is 0 Å². The fraction of sp³-hybridized carbons (Fsp3) is 0.128. The van der Waals surface area contributed by atoms with Gasteiger partial charge < -0.3 is 20.4 Å². The minimum Gasteiger partial charge on any atom is -0.338 e. The van der Waals surface area contributed by atoms with Gasteiger partial charge in [-0.2, -0.15) is 36.5 Å². The zero-order valence-corrected chi connectivity index (χ0v) is 33.9. The lowest BCUT2D eigenvalue weighted by atomic mass is 9.90. The number of anilines is 8. The Labute approximate surface area is 361 Å². The van der Waals surface area contributed by atoms with Crippen LogP contribution in [0.4, 0.5) is 72.1 Å². The molecule has 2 N–H and O–H groups in total. The van der Waals surface area contributed by atoms with Crippen molar-refractivity contribution in [3.05, 3.63) is 179 Å². The van der Waals surface area contributed by atoms with E-state index in [0.717, 1.165) is 12.1 Å². The monoisotopic (exact) mass is 868 g/mol. The number of alkyl halides is 6. The largest absolute Gasteiger partial charge is 0.419 e. The Morgan fingerprint density at radius 2 is 0.953 bits per heavy atom. The van der Waals surface area contributed by atoms with Crippen LogP contribution in [0.2, 0.25) is 0 Å². The van der Waals surface area contributed by atoms with Crippen molar-refractivity contribution in [3.63, 3.8) is 0 Å². The molecule has 320 valence electrons. The zero-order valence-electron chi connectivity index (χ0n) is 33.9. The van der Waals surface area contributed by atoms with Gasteiger partial charge in [-0.3, -0.25) is 4.79 Å². The number of ketones is 1. The molecule has 0 radical (unpaired) electrons. The number of para-hydroxylation sites is 4. The van der Waals surface area contributed by atoms with Crippen LogP contribution in [0.1, 0.15) is 49.6 Å². The topological polar surface area (TPSA) is 109 Å². The summed E-state index contributed by atoms with van der Waals surface area (Å²) in [5, 5.41) is 15.3. The number of pyridine rings is 2. The van der Waals surface area contributed by atoms with Crippen LogP contribution >= 0.6 is 0 Å². The lowest BCUT2D eigenvalue weighted by Gasteiger charge is -2.32. The van der Waals surface area contributed by atoms with Crippen LogP contribution in [-0.2, 0) is 25.4 Å². The summed E-state index contributed by atoms with van der Waals surface area (Å²) in [6.45, 7) is 3.00. The molecule has 4 aromatic carbocycles. The number of fused-ring (bicyclic) bond motifs is 4. The van der Waals surface area contributed by atoms with Crippen LogP contribution in [-0.4, -0.2) is 35.3 Å². The minimum atomic E-state index is -5.30. The highest BCUT2D eigenvalue weighted by Crippen LogP contribution is 2.52. The maximum absolute atomic E-state index is 16.3. The summed E-state index contributed by atoms with van der Waals surface area (Å²) in [5.41, 5.74) is -2.61. The fourth-order valence-corrected chi connectivity index (χ4v) is 8.42. The van der Waals surface area contributed by atoms with Crippen molar-refractivity contribution in [1.82, 2.24) is 29.5 Å². The molecule has 6 heterocycles. The van der Waals surface area contributed by atoms with E-state index in [1.165, 1.54) is 43.7 Å². The lowest BCUT2D eigenvalue weighted by Crippen LogP contribution is -2.27. The highest BCUT2D eigenvalue weighted by Gasteiger charge is 2.46. The van der Waals surface area contributed by atoms with Gasteiger partial charge in [0.05, 0.1) is 81.1 Å². The second-order valence-electron chi connectivity index (χ2n) is 15.3. The molecule has 0 bridgehead atoms. The molecule has 0 atom stereocenters. The Balaban J connectivity index is 1.26. The lowest BCUT2D eigenvalue weighted by molar-refractivity contribution is -0.137. The molecule has 4 aromatic heterocycles. The zero-order chi connectivity index (χ0) is 44.5. The van der Waals surface area contributed by atoms with Crippen LogP contribution < -0.4 is 20.4 Å². The molecule has 0 saturated carbocycles. The van der Waals surface area contributed by atoms with E-state index < -0.39 is 51.8 Å². The van der Waals surface area contributed by atoms with Crippen LogP contribution in [0.15, 0.2) is 134 Å².